The van der Waals surface area contributed by atoms with Crippen LogP contribution in [0.1, 0.15) is 31.5 Å². The van der Waals surface area contributed by atoms with Gasteiger partial charge in [0.2, 0.25) is 5.95 Å². The van der Waals surface area contributed by atoms with Gasteiger partial charge in [0.1, 0.15) is 0 Å². The SMILES string of the molecule is COCCn1c(-c2cnn(C)c2)nnc1N1CCN(Cc2csc(C(C)(C)C)n2)CC1. The van der Waals surface area contributed by atoms with E-state index in [1.807, 2.05) is 19.4 Å². The first-order valence-corrected chi connectivity index (χ1v) is 11.6. The van der Waals surface area contributed by atoms with E-state index in [0.717, 1.165) is 50.1 Å². The molecule has 0 saturated carbocycles. The topological polar surface area (TPSA) is 77.1 Å². The minimum absolute atomic E-state index is 0.111. The Bertz CT molecular complexity index is 993. The normalized spacial score (nSPS) is 15.7. The van der Waals surface area contributed by atoms with E-state index in [0.29, 0.717) is 13.2 Å². The lowest BCUT2D eigenvalue weighted by atomic mass is 9.98. The molecule has 3 aromatic rings. The highest BCUT2D eigenvalue weighted by Gasteiger charge is 2.25. The number of aromatic nitrogens is 6. The summed E-state index contributed by atoms with van der Waals surface area (Å²) in [6.07, 6.45) is 3.80. The van der Waals surface area contributed by atoms with Gasteiger partial charge >= 0.3 is 0 Å². The quantitative estimate of drug-likeness (QED) is 0.554. The van der Waals surface area contributed by atoms with Crippen molar-refractivity contribution < 1.29 is 4.74 Å². The van der Waals surface area contributed by atoms with Crippen LogP contribution in [0.2, 0.25) is 0 Å². The summed E-state index contributed by atoms with van der Waals surface area (Å²) in [5.74, 6) is 1.74. The van der Waals surface area contributed by atoms with E-state index in [-0.39, 0.29) is 5.41 Å². The van der Waals surface area contributed by atoms with Crippen molar-refractivity contribution in [3.05, 3.63) is 28.5 Å². The first-order valence-electron chi connectivity index (χ1n) is 10.7. The second-order valence-corrected chi connectivity index (χ2v) is 9.89. The van der Waals surface area contributed by atoms with Crippen LogP contribution < -0.4 is 4.90 Å². The smallest absolute Gasteiger partial charge is 0.227 e. The van der Waals surface area contributed by atoms with Crippen molar-refractivity contribution in [2.75, 3.05) is 44.8 Å². The van der Waals surface area contributed by atoms with Gasteiger partial charge in [-0.2, -0.15) is 5.10 Å². The van der Waals surface area contributed by atoms with Gasteiger partial charge in [-0.05, 0) is 0 Å². The van der Waals surface area contributed by atoms with Crippen LogP contribution in [0.5, 0.6) is 0 Å². The number of hydrogen-bond acceptors (Lipinski definition) is 8. The van der Waals surface area contributed by atoms with Gasteiger partial charge in [0.05, 0.1) is 35.6 Å². The van der Waals surface area contributed by atoms with Gasteiger partial charge in [-0.1, -0.05) is 20.8 Å². The standard InChI is InChI=1S/C21H32N8OS/c1-21(2,3)19-23-17(15-31-19)14-27-6-8-28(9-7-27)20-25-24-18(29(20)10-11-30-5)16-12-22-26(4)13-16/h12-13,15H,6-11,14H2,1-5H3. The predicted molar refractivity (Wildman–Crippen MR) is 122 cm³/mol. The zero-order chi connectivity index (χ0) is 22.0. The third-order valence-electron chi connectivity index (χ3n) is 5.45. The molecule has 168 valence electrons. The van der Waals surface area contributed by atoms with E-state index in [1.54, 1.807) is 23.1 Å². The summed E-state index contributed by atoms with van der Waals surface area (Å²) < 4.78 is 9.26. The summed E-state index contributed by atoms with van der Waals surface area (Å²) in [5.41, 5.74) is 2.25. The number of aryl methyl sites for hydroxylation is 1. The molecule has 0 aliphatic carbocycles. The fourth-order valence-electron chi connectivity index (χ4n) is 3.73. The molecule has 1 aliphatic rings. The Labute approximate surface area is 187 Å². The fourth-order valence-corrected chi connectivity index (χ4v) is 4.63. The second-order valence-electron chi connectivity index (χ2n) is 9.03. The van der Waals surface area contributed by atoms with E-state index in [1.165, 1.54) is 10.7 Å². The summed E-state index contributed by atoms with van der Waals surface area (Å²) in [5, 5.41) is 16.7. The molecule has 0 radical (unpaired) electrons. The summed E-state index contributed by atoms with van der Waals surface area (Å²) in [6.45, 7) is 12.6. The molecule has 1 saturated heterocycles. The molecule has 0 aromatic carbocycles. The maximum absolute atomic E-state index is 5.33. The maximum Gasteiger partial charge on any atom is 0.227 e. The highest BCUT2D eigenvalue weighted by Crippen LogP contribution is 2.27. The van der Waals surface area contributed by atoms with Crippen LogP contribution in [0.4, 0.5) is 5.95 Å². The number of methoxy groups -OCH3 is 1. The molecule has 31 heavy (non-hydrogen) atoms. The van der Waals surface area contributed by atoms with E-state index in [2.05, 4.69) is 55.8 Å². The second kappa shape index (κ2) is 9.05. The number of hydrogen-bond donors (Lipinski definition) is 0. The van der Waals surface area contributed by atoms with Crippen molar-refractivity contribution in [1.82, 2.24) is 34.4 Å². The number of ether oxygens (including phenoxy) is 1. The molecule has 0 spiro atoms. The molecule has 0 amide bonds. The third kappa shape index (κ3) is 4.97. The summed E-state index contributed by atoms with van der Waals surface area (Å²) in [7, 11) is 3.63. The van der Waals surface area contributed by atoms with Crippen LogP contribution in [0, 0.1) is 0 Å². The highest BCUT2D eigenvalue weighted by molar-refractivity contribution is 7.09. The van der Waals surface area contributed by atoms with E-state index >= 15 is 0 Å². The van der Waals surface area contributed by atoms with Gasteiger partial charge < -0.3 is 9.64 Å². The number of anilines is 1. The van der Waals surface area contributed by atoms with Crippen LogP contribution in [-0.4, -0.2) is 74.3 Å². The zero-order valence-corrected chi connectivity index (χ0v) is 19.9. The minimum Gasteiger partial charge on any atom is -0.383 e. The van der Waals surface area contributed by atoms with Gasteiger partial charge in [-0.3, -0.25) is 14.1 Å². The Morgan fingerprint density at radius 2 is 1.90 bits per heavy atom. The van der Waals surface area contributed by atoms with Crippen LogP contribution in [0.3, 0.4) is 0 Å². The maximum atomic E-state index is 5.33. The predicted octanol–water partition coefficient (Wildman–Crippen LogP) is 2.40. The number of piperazine rings is 1. The van der Waals surface area contributed by atoms with Crippen LogP contribution in [0.15, 0.2) is 17.8 Å². The van der Waals surface area contributed by atoms with E-state index < -0.39 is 0 Å². The first kappa shape index (κ1) is 21.9. The van der Waals surface area contributed by atoms with Gasteiger partial charge in [-0.15, -0.1) is 21.5 Å². The number of thiazole rings is 1. The minimum atomic E-state index is 0.111. The fraction of sp³-hybridized carbons (Fsp3) is 0.619. The van der Waals surface area contributed by atoms with Crippen molar-refractivity contribution in [2.45, 2.75) is 39.3 Å². The number of rotatable bonds is 7. The third-order valence-corrected chi connectivity index (χ3v) is 6.76. The summed E-state index contributed by atoms with van der Waals surface area (Å²) >= 11 is 1.77. The molecule has 0 N–H and O–H groups in total. The molecule has 0 atom stereocenters. The van der Waals surface area contributed by atoms with E-state index in [4.69, 9.17) is 9.72 Å². The lowest BCUT2D eigenvalue weighted by Gasteiger charge is -2.35. The average Bonchev–Trinajstić information content (AvgIpc) is 3.46. The molecular formula is C21H32N8OS. The summed E-state index contributed by atoms with van der Waals surface area (Å²) in [6, 6.07) is 0. The van der Waals surface area contributed by atoms with Gasteiger partial charge in [0, 0.05) is 63.9 Å². The number of nitrogens with zero attached hydrogens (tertiary/aromatic N) is 8. The first-order chi connectivity index (χ1) is 14.8. The molecule has 0 unspecified atom stereocenters. The Hall–Kier alpha value is -2.30. The molecular weight excluding hydrogens is 412 g/mol. The largest absolute Gasteiger partial charge is 0.383 e. The van der Waals surface area contributed by atoms with Crippen LogP contribution in [0.25, 0.3) is 11.4 Å². The zero-order valence-electron chi connectivity index (χ0n) is 19.1. The van der Waals surface area contributed by atoms with Crippen molar-refractivity contribution >= 4 is 17.3 Å². The Balaban J connectivity index is 1.43. The molecule has 4 rings (SSSR count). The van der Waals surface area contributed by atoms with Crippen LogP contribution in [-0.2, 0) is 30.3 Å². The Morgan fingerprint density at radius 3 is 2.52 bits per heavy atom. The highest BCUT2D eigenvalue weighted by atomic mass is 32.1. The Kier molecular flexibility index (Phi) is 6.40. The lowest BCUT2D eigenvalue weighted by molar-refractivity contribution is 0.187. The van der Waals surface area contributed by atoms with Gasteiger partial charge in [0.15, 0.2) is 5.82 Å². The van der Waals surface area contributed by atoms with Crippen LogP contribution >= 0.6 is 11.3 Å². The van der Waals surface area contributed by atoms with Gasteiger partial charge in [0.25, 0.3) is 0 Å². The van der Waals surface area contributed by atoms with Crippen molar-refractivity contribution in [3.63, 3.8) is 0 Å². The molecule has 3 aromatic heterocycles. The molecule has 0 bridgehead atoms. The lowest BCUT2D eigenvalue weighted by Crippen LogP contribution is -2.47. The van der Waals surface area contributed by atoms with Crippen molar-refractivity contribution in [3.8, 4) is 11.4 Å². The molecule has 9 nitrogen and oxygen atoms in total. The van der Waals surface area contributed by atoms with Crippen molar-refractivity contribution in [1.29, 1.82) is 0 Å². The van der Waals surface area contributed by atoms with Crippen molar-refractivity contribution in [2.24, 2.45) is 7.05 Å². The summed E-state index contributed by atoms with van der Waals surface area (Å²) in [4.78, 5) is 9.64. The molecule has 10 heteroatoms. The molecule has 1 fully saturated rings. The average molecular weight is 445 g/mol. The van der Waals surface area contributed by atoms with Gasteiger partial charge in [-0.25, -0.2) is 4.98 Å². The molecule has 1 aliphatic heterocycles. The monoisotopic (exact) mass is 444 g/mol. The van der Waals surface area contributed by atoms with E-state index in [9.17, 15) is 0 Å². The Morgan fingerprint density at radius 1 is 1.13 bits per heavy atom. The molecule has 4 heterocycles.